The number of benzene rings is 2. The van der Waals surface area contributed by atoms with Crippen LogP contribution in [0.2, 0.25) is 0 Å². The van der Waals surface area contributed by atoms with Gasteiger partial charge in [0.25, 0.3) is 0 Å². The minimum atomic E-state index is -1.08. The second kappa shape index (κ2) is 8.66. The van der Waals surface area contributed by atoms with Gasteiger partial charge in [-0.05, 0) is 43.3 Å². The Hall–Kier alpha value is -3.35. The number of ether oxygens (including phenoxy) is 2. The largest absolute Gasteiger partial charge is 0.493 e. The van der Waals surface area contributed by atoms with E-state index in [2.05, 4.69) is 10.3 Å². The number of nitrogens with one attached hydrogen (secondary N) is 1. The zero-order valence-electron chi connectivity index (χ0n) is 14.7. The molecule has 2 rings (SSSR count). The van der Waals surface area contributed by atoms with Gasteiger partial charge in [-0.2, -0.15) is 0 Å². The van der Waals surface area contributed by atoms with E-state index in [0.717, 1.165) is 0 Å². The van der Waals surface area contributed by atoms with Crippen LogP contribution in [0.25, 0.3) is 0 Å². The number of aliphatic carboxylic acids is 1. The third kappa shape index (κ3) is 5.07. The maximum atomic E-state index is 11.1. The van der Waals surface area contributed by atoms with E-state index in [1.807, 2.05) is 0 Å². The van der Waals surface area contributed by atoms with Gasteiger partial charge in [0.15, 0.2) is 17.6 Å². The third-order valence-corrected chi connectivity index (χ3v) is 3.41. The van der Waals surface area contributed by atoms with Crippen LogP contribution in [0.4, 0.5) is 11.4 Å². The quantitative estimate of drug-likeness (QED) is 0.742. The maximum Gasteiger partial charge on any atom is 0.344 e. The number of anilines is 1. The van der Waals surface area contributed by atoms with Crippen LogP contribution in [0.1, 0.15) is 19.4 Å². The van der Waals surface area contributed by atoms with E-state index >= 15 is 0 Å². The molecule has 0 aliphatic heterocycles. The Kier molecular flexibility index (Phi) is 6.32. The van der Waals surface area contributed by atoms with Gasteiger partial charge in [-0.25, -0.2) is 4.79 Å². The lowest BCUT2D eigenvalue weighted by atomic mass is 10.2. The minimum Gasteiger partial charge on any atom is -0.493 e. The molecule has 26 heavy (non-hydrogen) atoms. The highest BCUT2D eigenvalue weighted by atomic mass is 16.5. The van der Waals surface area contributed by atoms with Gasteiger partial charge in [-0.15, -0.1) is 0 Å². The number of hydrogen-bond acceptors (Lipinski definition) is 5. The fraction of sp³-hybridized carbons (Fsp3) is 0.211. The average Bonchev–Trinajstić information content (AvgIpc) is 2.61. The number of carboxylic acid groups (broad SMARTS) is 1. The number of amides is 1. The van der Waals surface area contributed by atoms with Gasteiger partial charge in [0.2, 0.25) is 5.91 Å². The Bertz CT molecular complexity index is 815. The van der Waals surface area contributed by atoms with E-state index in [4.69, 9.17) is 14.6 Å². The molecule has 0 saturated carbocycles. The number of carboxylic acids is 1. The number of hydrogen-bond donors (Lipinski definition) is 2. The highest BCUT2D eigenvalue weighted by Gasteiger charge is 2.17. The number of carbonyl (C=O) groups is 2. The summed E-state index contributed by atoms with van der Waals surface area (Å²) in [5, 5.41) is 11.7. The summed E-state index contributed by atoms with van der Waals surface area (Å²) < 4.78 is 10.8. The Morgan fingerprint density at radius 2 is 1.88 bits per heavy atom. The molecule has 0 aliphatic rings. The zero-order valence-corrected chi connectivity index (χ0v) is 14.7. The van der Waals surface area contributed by atoms with Crippen LogP contribution in [0.3, 0.4) is 0 Å². The van der Waals surface area contributed by atoms with Crippen molar-refractivity contribution in [2.75, 3.05) is 12.4 Å². The Labute approximate surface area is 151 Å². The maximum absolute atomic E-state index is 11.1. The molecule has 0 radical (unpaired) electrons. The summed E-state index contributed by atoms with van der Waals surface area (Å²) in [6, 6.07) is 12.2. The van der Waals surface area contributed by atoms with Crippen molar-refractivity contribution in [3.05, 3.63) is 48.0 Å². The Morgan fingerprint density at radius 1 is 1.19 bits per heavy atom. The highest BCUT2D eigenvalue weighted by Crippen LogP contribution is 2.31. The predicted octanol–water partition coefficient (Wildman–Crippen LogP) is 3.26. The van der Waals surface area contributed by atoms with Gasteiger partial charge in [0.1, 0.15) is 0 Å². The zero-order chi connectivity index (χ0) is 19.1. The Balaban J connectivity index is 2.26. The van der Waals surface area contributed by atoms with Gasteiger partial charge in [0, 0.05) is 24.4 Å². The first-order valence-corrected chi connectivity index (χ1v) is 7.89. The first-order chi connectivity index (χ1) is 12.4. The van der Waals surface area contributed by atoms with Crippen molar-refractivity contribution in [3.63, 3.8) is 0 Å². The van der Waals surface area contributed by atoms with Crippen LogP contribution in [0, 0.1) is 0 Å². The van der Waals surface area contributed by atoms with E-state index in [-0.39, 0.29) is 5.91 Å². The number of aliphatic imine (C=N–C) groups is 1. The molecule has 2 aromatic carbocycles. The SMILES string of the molecule is COc1cccc(C=Nc2ccc(NC(C)=O)cc2)c1O[C@H](C)C(=O)O. The van der Waals surface area contributed by atoms with E-state index in [1.165, 1.54) is 21.0 Å². The van der Waals surface area contributed by atoms with Crippen molar-refractivity contribution < 1.29 is 24.2 Å². The lowest BCUT2D eigenvalue weighted by Crippen LogP contribution is -2.23. The van der Waals surface area contributed by atoms with Crippen molar-refractivity contribution >= 4 is 29.5 Å². The second-order valence-corrected chi connectivity index (χ2v) is 5.46. The van der Waals surface area contributed by atoms with Crippen LogP contribution < -0.4 is 14.8 Å². The van der Waals surface area contributed by atoms with Gasteiger partial charge < -0.3 is 19.9 Å². The van der Waals surface area contributed by atoms with Crippen molar-refractivity contribution in [2.24, 2.45) is 4.99 Å². The van der Waals surface area contributed by atoms with Crippen LogP contribution in [-0.4, -0.2) is 36.4 Å². The third-order valence-electron chi connectivity index (χ3n) is 3.41. The van der Waals surface area contributed by atoms with Crippen molar-refractivity contribution in [1.82, 2.24) is 0 Å². The molecule has 1 atom stereocenters. The Morgan fingerprint density at radius 3 is 2.46 bits per heavy atom. The number of para-hydroxylation sites is 1. The molecular formula is C19H20N2O5. The normalized spacial score (nSPS) is 11.8. The molecule has 0 aliphatic carbocycles. The number of methoxy groups -OCH3 is 1. The molecule has 0 bridgehead atoms. The molecule has 7 heteroatoms. The highest BCUT2D eigenvalue weighted by molar-refractivity contribution is 5.89. The van der Waals surface area contributed by atoms with E-state index < -0.39 is 12.1 Å². The summed E-state index contributed by atoms with van der Waals surface area (Å²) in [6.07, 6.45) is 0.537. The van der Waals surface area contributed by atoms with E-state index in [0.29, 0.717) is 28.4 Å². The minimum absolute atomic E-state index is 0.146. The van der Waals surface area contributed by atoms with Crippen molar-refractivity contribution in [3.8, 4) is 11.5 Å². The van der Waals surface area contributed by atoms with Gasteiger partial charge in [-0.1, -0.05) is 6.07 Å². The molecule has 0 heterocycles. The molecule has 7 nitrogen and oxygen atoms in total. The fourth-order valence-electron chi connectivity index (χ4n) is 2.13. The summed E-state index contributed by atoms with van der Waals surface area (Å²) in [7, 11) is 1.48. The second-order valence-electron chi connectivity index (χ2n) is 5.46. The van der Waals surface area contributed by atoms with Crippen LogP contribution in [0.15, 0.2) is 47.5 Å². The van der Waals surface area contributed by atoms with Gasteiger partial charge >= 0.3 is 5.97 Å². The molecule has 0 spiro atoms. The lowest BCUT2D eigenvalue weighted by molar-refractivity contribution is -0.144. The summed E-state index contributed by atoms with van der Waals surface area (Å²) in [4.78, 5) is 26.5. The van der Waals surface area contributed by atoms with Gasteiger partial charge in [-0.3, -0.25) is 9.79 Å². The molecule has 0 unspecified atom stereocenters. The number of rotatable bonds is 7. The average molecular weight is 356 g/mol. The lowest BCUT2D eigenvalue weighted by Gasteiger charge is -2.15. The first kappa shape index (κ1) is 19.0. The molecule has 1 amide bonds. The summed E-state index contributed by atoms with van der Waals surface area (Å²) in [5.74, 6) is -0.495. The molecule has 2 N–H and O–H groups in total. The van der Waals surface area contributed by atoms with Gasteiger partial charge in [0.05, 0.1) is 12.8 Å². The number of carbonyl (C=O) groups excluding carboxylic acids is 1. The van der Waals surface area contributed by atoms with E-state index in [1.54, 1.807) is 48.7 Å². The first-order valence-electron chi connectivity index (χ1n) is 7.89. The smallest absolute Gasteiger partial charge is 0.344 e. The molecule has 0 fully saturated rings. The van der Waals surface area contributed by atoms with Crippen LogP contribution >= 0.6 is 0 Å². The molecule has 0 aromatic heterocycles. The molecule has 0 saturated heterocycles. The monoisotopic (exact) mass is 356 g/mol. The fourth-order valence-corrected chi connectivity index (χ4v) is 2.13. The van der Waals surface area contributed by atoms with Crippen LogP contribution in [-0.2, 0) is 9.59 Å². The number of nitrogens with zero attached hydrogens (tertiary/aromatic N) is 1. The standard InChI is InChI=1S/C19H20N2O5/c1-12(19(23)24)26-18-14(5-4-6-17(18)25-3)11-20-15-7-9-16(10-8-15)21-13(2)22/h4-12H,1-3H3,(H,21,22)(H,23,24)/t12-/m1/s1. The topological polar surface area (TPSA) is 97.2 Å². The summed E-state index contributed by atoms with van der Waals surface area (Å²) in [6.45, 7) is 2.88. The summed E-state index contributed by atoms with van der Waals surface area (Å²) >= 11 is 0. The molecular weight excluding hydrogens is 336 g/mol. The van der Waals surface area contributed by atoms with Crippen molar-refractivity contribution in [1.29, 1.82) is 0 Å². The molecule has 2 aromatic rings. The predicted molar refractivity (Wildman–Crippen MR) is 98.7 cm³/mol. The van der Waals surface area contributed by atoms with Crippen LogP contribution in [0.5, 0.6) is 11.5 Å². The van der Waals surface area contributed by atoms with Crippen molar-refractivity contribution in [2.45, 2.75) is 20.0 Å². The molecule has 136 valence electrons. The van der Waals surface area contributed by atoms with E-state index in [9.17, 15) is 9.59 Å². The summed E-state index contributed by atoms with van der Waals surface area (Å²) in [5.41, 5.74) is 1.93.